The SMILES string of the molecule is O=CCC(=O)N(c1ccc(F)cc1)c1ccc(F)cc1. The summed E-state index contributed by atoms with van der Waals surface area (Å²) in [6.07, 6.45) is 0.178. The predicted octanol–water partition coefficient (Wildman–Crippen LogP) is 3.22. The number of carbonyl (C=O) groups excluding carboxylic acids is 2. The number of amides is 1. The van der Waals surface area contributed by atoms with Crippen molar-refractivity contribution in [2.75, 3.05) is 4.90 Å². The van der Waals surface area contributed by atoms with Gasteiger partial charge in [0.15, 0.2) is 0 Å². The maximum atomic E-state index is 12.9. The molecular formula is C15H11F2NO2. The lowest BCUT2D eigenvalue weighted by Gasteiger charge is -2.22. The van der Waals surface area contributed by atoms with Crippen LogP contribution in [0.2, 0.25) is 0 Å². The number of aldehydes is 1. The van der Waals surface area contributed by atoms with E-state index in [1.165, 1.54) is 53.4 Å². The van der Waals surface area contributed by atoms with Crippen molar-refractivity contribution < 1.29 is 18.4 Å². The lowest BCUT2D eigenvalue weighted by Crippen LogP contribution is -2.25. The molecule has 0 radical (unpaired) electrons. The van der Waals surface area contributed by atoms with Crippen molar-refractivity contribution in [3.63, 3.8) is 0 Å². The highest BCUT2D eigenvalue weighted by Gasteiger charge is 2.17. The van der Waals surface area contributed by atoms with Crippen LogP contribution in [0.1, 0.15) is 6.42 Å². The van der Waals surface area contributed by atoms with Crippen LogP contribution in [-0.4, -0.2) is 12.2 Å². The fourth-order valence-electron chi connectivity index (χ4n) is 1.78. The van der Waals surface area contributed by atoms with Crippen LogP contribution in [0.3, 0.4) is 0 Å². The summed E-state index contributed by atoms with van der Waals surface area (Å²) in [5.41, 5.74) is 0.815. The van der Waals surface area contributed by atoms with Crippen molar-refractivity contribution >= 4 is 23.6 Å². The monoisotopic (exact) mass is 275 g/mol. The molecule has 0 spiro atoms. The molecule has 102 valence electrons. The standard InChI is InChI=1S/C15H11F2NO2/c16-11-1-5-13(6-2-11)18(15(20)9-10-19)14-7-3-12(17)4-8-14/h1-8,10H,9H2. The van der Waals surface area contributed by atoms with Crippen molar-refractivity contribution in [3.05, 3.63) is 60.2 Å². The summed E-state index contributed by atoms with van der Waals surface area (Å²) in [7, 11) is 0. The zero-order valence-corrected chi connectivity index (χ0v) is 10.4. The Morgan fingerprint density at radius 2 is 1.30 bits per heavy atom. The summed E-state index contributed by atoms with van der Waals surface area (Å²) in [5, 5.41) is 0. The largest absolute Gasteiger partial charge is 0.303 e. The number of hydrogen-bond acceptors (Lipinski definition) is 2. The van der Waals surface area contributed by atoms with Crippen LogP contribution in [0.4, 0.5) is 20.2 Å². The van der Waals surface area contributed by atoms with Gasteiger partial charge in [0.05, 0.1) is 6.42 Å². The van der Waals surface area contributed by atoms with E-state index in [2.05, 4.69) is 0 Å². The van der Waals surface area contributed by atoms with Crippen LogP contribution in [0.15, 0.2) is 48.5 Å². The van der Waals surface area contributed by atoms with Crippen molar-refractivity contribution in [1.29, 1.82) is 0 Å². The molecule has 0 aliphatic carbocycles. The normalized spacial score (nSPS) is 10.1. The van der Waals surface area contributed by atoms with Gasteiger partial charge in [0.2, 0.25) is 5.91 Å². The van der Waals surface area contributed by atoms with Crippen molar-refractivity contribution in [3.8, 4) is 0 Å². The van der Waals surface area contributed by atoms with E-state index >= 15 is 0 Å². The van der Waals surface area contributed by atoms with Crippen LogP contribution in [0, 0.1) is 11.6 Å². The predicted molar refractivity (Wildman–Crippen MR) is 70.6 cm³/mol. The Labute approximate surface area is 114 Å². The molecule has 0 saturated heterocycles. The quantitative estimate of drug-likeness (QED) is 0.634. The molecule has 0 unspecified atom stereocenters. The van der Waals surface area contributed by atoms with Gasteiger partial charge in [-0.2, -0.15) is 0 Å². The van der Waals surface area contributed by atoms with E-state index in [9.17, 15) is 18.4 Å². The van der Waals surface area contributed by atoms with E-state index in [-0.39, 0.29) is 6.42 Å². The van der Waals surface area contributed by atoms with E-state index in [0.717, 1.165) is 0 Å². The Morgan fingerprint density at radius 3 is 1.65 bits per heavy atom. The Bertz CT molecular complexity index is 563. The molecule has 0 fully saturated rings. The molecule has 0 aliphatic heterocycles. The third kappa shape index (κ3) is 3.06. The van der Waals surface area contributed by atoms with Crippen molar-refractivity contribution in [1.82, 2.24) is 0 Å². The van der Waals surface area contributed by atoms with Gasteiger partial charge in [0.1, 0.15) is 17.9 Å². The van der Waals surface area contributed by atoms with Crippen LogP contribution in [0.25, 0.3) is 0 Å². The fourth-order valence-corrected chi connectivity index (χ4v) is 1.78. The highest BCUT2D eigenvalue weighted by molar-refractivity contribution is 6.05. The highest BCUT2D eigenvalue weighted by atomic mass is 19.1. The lowest BCUT2D eigenvalue weighted by atomic mass is 10.2. The minimum Gasteiger partial charge on any atom is -0.303 e. The molecule has 1 amide bonds. The van der Waals surface area contributed by atoms with Gasteiger partial charge in [-0.25, -0.2) is 8.78 Å². The second kappa shape index (κ2) is 6.06. The van der Waals surface area contributed by atoms with Crippen LogP contribution in [0.5, 0.6) is 0 Å². The van der Waals surface area contributed by atoms with Gasteiger partial charge < -0.3 is 4.79 Å². The van der Waals surface area contributed by atoms with Crippen LogP contribution >= 0.6 is 0 Å². The van der Waals surface area contributed by atoms with Crippen LogP contribution in [-0.2, 0) is 9.59 Å². The van der Waals surface area contributed by atoms with Gasteiger partial charge in [-0.05, 0) is 48.5 Å². The molecule has 0 bridgehead atoms. The number of anilines is 2. The molecule has 0 atom stereocenters. The van der Waals surface area contributed by atoms with E-state index in [4.69, 9.17) is 0 Å². The van der Waals surface area contributed by atoms with Gasteiger partial charge >= 0.3 is 0 Å². The Morgan fingerprint density at radius 1 is 0.900 bits per heavy atom. The van der Waals surface area contributed by atoms with E-state index in [1.54, 1.807) is 0 Å². The van der Waals surface area contributed by atoms with E-state index in [0.29, 0.717) is 17.7 Å². The summed E-state index contributed by atoms with van der Waals surface area (Å²) in [6.45, 7) is 0. The molecule has 5 heteroatoms. The van der Waals surface area contributed by atoms with Gasteiger partial charge in [0.25, 0.3) is 0 Å². The summed E-state index contributed by atoms with van der Waals surface area (Å²) < 4.78 is 25.9. The second-order valence-electron chi connectivity index (χ2n) is 4.05. The van der Waals surface area contributed by atoms with E-state index < -0.39 is 17.5 Å². The summed E-state index contributed by atoms with van der Waals surface area (Å²) in [5.74, 6) is -1.34. The molecule has 0 saturated carbocycles. The maximum absolute atomic E-state index is 12.9. The molecule has 3 nitrogen and oxygen atoms in total. The third-order valence-corrected chi connectivity index (χ3v) is 2.68. The maximum Gasteiger partial charge on any atom is 0.238 e. The van der Waals surface area contributed by atoms with Crippen molar-refractivity contribution in [2.45, 2.75) is 6.42 Å². The first kappa shape index (κ1) is 13.9. The summed E-state index contributed by atoms with van der Waals surface area (Å²) in [4.78, 5) is 23.8. The fraction of sp³-hybridized carbons (Fsp3) is 0.0667. The molecule has 0 aromatic heterocycles. The van der Waals surface area contributed by atoms with Gasteiger partial charge in [-0.3, -0.25) is 9.69 Å². The summed E-state index contributed by atoms with van der Waals surface area (Å²) >= 11 is 0. The zero-order valence-electron chi connectivity index (χ0n) is 10.4. The van der Waals surface area contributed by atoms with Gasteiger partial charge in [0, 0.05) is 11.4 Å². The number of hydrogen-bond donors (Lipinski definition) is 0. The molecule has 0 N–H and O–H groups in total. The number of nitrogens with zero attached hydrogens (tertiary/aromatic N) is 1. The van der Waals surface area contributed by atoms with Crippen molar-refractivity contribution in [2.24, 2.45) is 0 Å². The first-order chi connectivity index (χ1) is 9.61. The minimum absolute atomic E-state index is 0.311. The molecule has 0 aliphatic rings. The first-order valence-electron chi connectivity index (χ1n) is 5.89. The average Bonchev–Trinajstić information content (AvgIpc) is 2.44. The Hall–Kier alpha value is -2.56. The Balaban J connectivity index is 2.43. The average molecular weight is 275 g/mol. The van der Waals surface area contributed by atoms with Gasteiger partial charge in [-0.15, -0.1) is 0 Å². The topological polar surface area (TPSA) is 37.4 Å². The second-order valence-corrected chi connectivity index (χ2v) is 4.05. The summed E-state index contributed by atoms with van der Waals surface area (Å²) in [6, 6.07) is 10.5. The number of halogens is 2. The number of rotatable bonds is 4. The molecule has 0 heterocycles. The highest BCUT2D eigenvalue weighted by Crippen LogP contribution is 2.26. The molecule has 2 rings (SSSR count). The van der Waals surface area contributed by atoms with Gasteiger partial charge in [-0.1, -0.05) is 0 Å². The molecule has 2 aromatic carbocycles. The molecule has 20 heavy (non-hydrogen) atoms. The minimum atomic E-state index is -0.474. The number of benzene rings is 2. The smallest absolute Gasteiger partial charge is 0.238 e. The zero-order chi connectivity index (χ0) is 14.5. The van der Waals surface area contributed by atoms with Crippen LogP contribution < -0.4 is 4.90 Å². The third-order valence-electron chi connectivity index (χ3n) is 2.68. The molecule has 2 aromatic rings. The first-order valence-corrected chi connectivity index (χ1v) is 5.89. The molecular weight excluding hydrogens is 264 g/mol. The number of carbonyl (C=O) groups is 2. The Kier molecular flexibility index (Phi) is 4.20. The lowest BCUT2D eigenvalue weighted by molar-refractivity contribution is -0.121. The van der Waals surface area contributed by atoms with E-state index in [1.807, 2.05) is 0 Å².